The van der Waals surface area contributed by atoms with Gasteiger partial charge in [0.15, 0.2) is 0 Å². The lowest BCUT2D eigenvalue weighted by Gasteiger charge is -2.10. The second-order valence-corrected chi connectivity index (χ2v) is 4.70. The summed E-state index contributed by atoms with van der Waals surface area (Å²) in [5.41, 5.74) is 0.216. The van der Waals surface area contributed by atoms with Gasteiger partial charge in [0.05, 0.1) is 23.1 Å². The molecule has 0 fully saturated rings. The van der Waals surface area contributed by atoms with Gasteiger partial charge in [-0.25, -0.2) is 4.68 Å². The third-order valence-corrected chi connectivity index (χ3v) is 3.09. The van der Waals surface area contributed by atoms with Gasteiger partial charge in [-0.15, -0.1) is 5.10 Å². The molecule has 4 nitrogen and oxygen atoms in total. The van der Waals surface area contributed by atoms with E-state index < -0.39 is 11.7 Å². The van der Waals surface area contributed by atoms with Gasteiger partial charge in [-0.3, -0.25) is 0 Å². The SMILES string of the molecule is CNCc1cn(-c2cc(C(F)(F)F)ccc2Br)nn1. The third kappa shape index (κ3) is 3.13. The van der Waals surface area contributed by atoms with Crippen LogP contribution in [0.15, 0.2) is 28.9 Å². The fourth-order valence-corrected chi connectivity index (χ4v) is 1.97. The van der Waals surface area contributed by atoms with Crippen LogP contribution in [-0.4, -0.2) is 22.0 Å². The number of nitrogens with one attached hydrogen (secondary N) is 1. The summed E-state index contributed by atoms with van der Waals surface area (Å²) >= 11 is 3.21. The Morgan fingerprint density at radius 1 is 1.37 bits per heavy atom. The van der Waals surface area contributed by atoms with Crippen LogP contribution >= 0.6 is 15.9 Å². The number of aromatic nitrogens is 3. The van der Waals surface area contributed by atoms with Gasteiger partial charge in [0, 0.05) is 11.0 Å². The highest BCUT2D eigenvalue weighted by molar-refractivity contribution is 9.10. The lowest BCUT2D eigenvalue weighted by Crippen LogP contribution is -2.07. The summed E-state index contributed by atoms with van der Waals surface area (Å²) in [6.07, 6.45) is -2.80. The Bertz CT molecular complexity index is 580. The first-order valence-corrected chi connectivity index (χ1v) is 6.14. The number of rotatable bonds is 3. The van der Waals surface area contributed by atoms with E-state index in [1.54, 1.807) is 13.2 Å². The largest absolute Gasteiger partial charge is 0.416 e. The second-order valence-electron chi connectivity index (χ2n) is 3.85. The van der Waals surface area contributed by atoms with Crippen molar-refractivity contribution in [2.75, 3.05) is 7.05 Å². The zero-order chi connectivity index (χ0) is 14.0. The van der Waals surface area contributed by atoms with Gasteiger partial charge >= 0.3 is 6.18 Å². The number of benzene rings is 1. The van der Waals surface area contributed by atoms with Crippen molar-refractivity contribution in [2.45, 2.75) is 12.7 Å². The Morgan fingerprint density at radius 3 is 2.74 bits per heavy atom. The first-order valence-electron chi connectivity index (χ1n) is 5.35. The zero-order valence-corrected chi connectivity index (χ0v) is 11.5. The zero-order valence-electron chi connectivity index (χ0n) is 9.87. The van der Waals surface area contributed by atoms with E-state index in [0.29, 0.717) is 22.4 Å². The summed E-state index contributed by atoms with van der Waals surface area (Å²) in [6.45, 7) is 0.497. The van der Waals surface area contributed by atoms with E-state index in [9.17, 15) is 13.2 Å². The van der Waals surface area contributed by atoms with Gasteiger partial charge in [-0.1, -0.05) is 5.21 Å². The van der Waals surface area contributed by atoms with E-state index in [-0.39, 0.29) is 0 Å². The molecule has 0 spiro atoms. The van der Waals surface area contributed by atoms with E-state index in [0.717, 1.165) is 12.1 Å². The minimum Gasteiger partial charge on any atom is -0.314 e. The molecule has 0 atom stereocenters. The highest BCUT2D eigenvalue weighted by atomic mass is 79.9. The Hall–Kier alpha value is -1.41. The number of alkyl halides is 3. The molecule has 0 aliphatic carbocycles. The molecule has 19 heavy (non-hydrogen) atoms. The van der Waals surface area contributed by atoms with Crippen molar-refractivity contribution in [1.29, 1.82) is 0 Å². The molecular weight excluding hydrogens is 325 g/mol. The maximum atomic E-state index is 12.7. The molecule has 0 unspecified atom stereocenters. The Balaban J connectivity index is 2.42. The van der Waals surface area contributed by atoms with Crippen LogP contribution in [0.1, 0.15) is 11.3 Å². The predicted octanol–water partition coefficient (Wildman–Crippen LogP) is 2.77. The summed E-state index contributed by atoms with van der Waals surface area (Å²) in [5, 5.41) is 10.6. The molecule has 0 amide bonds. The van der Waals surface area contributed by atoms with E-state index in [2.05, 4.69) is 31.6 Å². The summed E-state index contributed by atoms with van der Waals surface area (Å²) in [5.74, 6) is 0. The highest BCUT2D eigenvalue weighted by Gasteiger charge is 2.31. The lowest BCUT2D eigenvalue weighted by atomic mass is 10.2. The first-order chi connectivity index (χ1) is 8.91. The molecule has 1 N–H and O–H groups in total. The molecule has 2 rings (SSSR count). The Morgan fingerprint density at radius 2 is 2.11 bits per heavy atom. The molecule has 8 heteroatoms. The van der Waals surface area contributed by atoms with E-state index in [1.165, 1.54) is 10.7 Å². The molecule has 102 valence electrons. The van der Waals surface area contributed by atoms with Crippen LogP contribution in [0.5, 0.6) is 0 Å². The number of nitrogens with zero attached hydrogens (tertiary/aromatic N) is 3. The maximum Gasteiger partial charge on any atom is 0.416 e. The van der Waals surface area contributed by atoms with Crippen LogP contribution in [0, 0.1) is 0 Å². The Kier molecular flexibility index (Phi) is 3.91. The van der Waals surface area contributed by atoms with Gasteiger partial charge in [0.2, 0.25) is 0 Å². The minimum absolute atomic E-state index is 0.296. The van der Waals surface area contributed by atoms with Crippen LogP contribution in [0.25, 0.3) is 5.69 Å². The summed E-state index contributed by atoms with van der Waals surface area (Å²) in [7, 11) is 1.75. The molecule has 0 radical (unpaired) electrons. The van der Waals surface area contributed by atoms with Crippen molar-refractivity contribution in [3.05, 3.63) is 40.1 Å². The maximum absolute atomic E-state index is 12.7. The van der Waals surface area contributed by atoms with Crippen LogP contribution in [-0.2, 0) is 12.7 Å². The van der Waals surface area contributed by atoms with Crippen molar-refractivity contribution >= 4 is 15.9 Å². The van der Waals surface area contributed by atoms with Crippen LogP contribution in [0.3, 0.4) is 0 Å². The van der Waals surface area contributed by atoms with Crippen molar-refractivity contribution in [2.24, 2.45) is 0 Å². The minimum atomic E-state index is -4.39. The smallest absolute Gasteiger partial charge is 0.314 e. The molecular formula is C11H10BrF3N4. The van der Waals surface area contributed by atoms with Crippen molar-refractivity contribution < 1.29 is 13.2 Å². The average Bonchev–Trinajstić information content (AvgIpc) is 2.77. The van der Waals surface area contributed by atoms with Gasteiger partial charge in [-0.05, 0) is 41.2 Å². The fraction of sp³-hybridized carbons (Fsp3) is 0.273. The summed E-state index contributed by atoms with van der Waals surface area (Å²) in [6, 6.07) is 3.39. The Labute approximate surface area is 115 Å². The monoisotopic (exact) mass is 334 g/mol. The fourth-order valence-electron chi connectivity index (χ4n) is 1.54. The van der Waals surface area contributed by atoms with Crippen LogP contribution in [0.2, 0.25) is 0 Å². The number of hydrogen-bond acceptors (Lipinski definition) is 3. The van der Waals surface area contributed by atoms with Crippen molar-refractivity contribution in [3.8, 4) is 5.69 Å². The number of halogens is 4. The highest BCUT2D eigenvalue weighted by Crippen LogP contribution is 2.32. The molecule has 0 bridgehead atoms. The van der Waals surface area contributed by atoms with Gasteiger partial charge in [-0.2, -0.15) is 13.2 Å². The van der Waals surface area contributed by atoms with Gasteiger partial charge < -0.3 is 5.32 Å². The van der Waals surface area contributed by atoms with Gasteiger partial charge in [0.1, 0.15) is 0 Å². The number of hydrogen-bond donors (Lipinski definition) is 1. The third-order valence-electron chi connectivity index (χ3n) is 2.42. The predicted molar refractivity (Wildman–Crippen MR) is 66.8 cm³/mol. The molecule has 0 aliphatic heterocycles. The molecule has 1 aromatic carbocycles. The van der Waals surface area contributed by atoms with E-state index in [1.807, 2.05) is 0 Å². The van der Waals surface area contributed by atoms with Gasteiger partial charge in [0.25, 0.3) is 0 Å². The first kappa shape index (κ1) is 14.0. The summed E-state index contributed by atoms with van der Waals surface area (Å²) in [4.78, 5) is 0. The summed E-state index contributed by atoms with van der Waals surface area (Å²) < 4.78 is 39.8. The van der Waals surface area contributed by atoms with Crippen molar-refractivity contribution in [1.82, 2.24) is 20.3 Å². The van der Waals surface area contributed by atoms with Crippen LogP contribution in [0.4, 0.5) is 13.2 Å². The van der Waals surface area contributed by atoms with E-state index in [4.69, 9.17) is 0 Å². The molecule has 2 aromatic rings. The average molecular weight is 335 g/mol. The topological polar surface area (TPSA) is 42.7 Å². The second kappa shape index (κ2) is 5.30. The quantitative estimate of drug-likeness (QED) is 0.938. The molecule has 1 aromatic heterocycles. The van der Waals surface area contributed by atoms with E-state index >= 15 is 0 Å². The molecule has 0 saturated heterocycles. The normalized spacial score (nSPS) is 11.8. The van der Waals surface area contributed by atoms with Crippen LogP contribution < -0.4 is 5.32 Å². The molecule has 0 aliphatic rings. The standard InChI is InChI=1S/C11H10BrF3N4/c1-16-5-8-6-19(18-17-8)10-4-7(11(13,14)15)2-3-9(10)12/h2-4,6,16H,5H2,1H3. The molecule has 1 heterocycles. The van der Waals surface area contributed by atoms with Crippen molar-refractivity contribution in [3.63, 3.8) is 0 Å². The lowest BCUT2D eigenvalue weighted by molar-refractivity contribution is -0.137. The molecule has 0 saturated carbocycles.